The van der Waals surface area contributed by atoms with Crippen molar-refractivity contribution < 1.29 is 18.7 Å². The van der Waals surface area contributed by atoms with Crippen LogP contribution in [0.15, 0.2) is 28.7 Å². The third-order valence-corrected chi connectivity index (χ3v) is 4.08. The van der Waals surface area contributed by atoms with E-state index in [0.29, 0.717) is 35.1 Å². The van der Waals surface area contributed by atoms with Gasteiger partial charge in [0.2, 0.25) is 5.89 Å². The predicted octanol–water partition coefficient (Wildman–Crippen LogP) is 3.97. The summed E-state index contributed by atoms with van der Waals surface area (Å²) in [5.41, 5.74) is 0.818. The van der Waals surface area contributed by atoms with E-state index in [1.165, 1.54) is 0 Å². The maximum atomic E-state index is 12.3. The van der Waals surface area contributed by atoms with Gasteiger partial charge in [0.25, 0.3) is 0 Å². The lowest BCUT2D eigenvalue weighted by Gasteiger charge is -2.20. The number of halogens is 1. The van der Waals surface area contributed by atoms with Gasteiger partial charge in [0.15, 0.2) is 17.6 Å². The molecule has 1 heterocycles. The third kappa shape index (κ3) is 3.45. The number of hydrogen-bond acceptors (Lipinski definition) is 5. The van der Waals surface area contributed by atoms with Crippen molar-refractivity contribution >= 4 is 23.4 Å². The van der Waals surface area contributed by atoms with Gasteiger partial charge >= 0.3 is 5.97 Å². The summed E-state index contributed by atoms with van der Waals surface area (Å²) in [7, 11) is 0. The minimum absolute atomic E-state index is 0.0244. The van der Waals surface area contributed by atoms with Gasteiger partial charge in [-0.25, -0.2) is 9.78 Å². The summed E-state index contributed by atoms with van der Waals surface area (Å²) >= 11 is 5.85. The van der Waals surface area contributed by atoms with Gasteiger partial charge in [-0.15, -0.1) is 0 Å². The maximum Gasteiger partial charge on any atom is 0.361 e. The van der Waals surface area contributed by atoms with Crippen molar-refractivity contribution in [2.75, 3.05) is 0 Å². The summed E-state index contributed by atoms with van der Waals surface area (Å²) in [6, 6.07) is 6.95. The second-order valence-corrected chi connectivity index (χ2v) is 5.97. The number of esters is 1. The number of hydrogen-bond donors (Lipinski definition) is 0. The second kappa shape index (κ2) is 6.54. The van der Waals surface area contributed by atoms with E-state index in [2.05, 4.69) is 4.98 Å². The highest BCUT2D eigenvalue weighted by atomic mass is 35.5. The van der Waals surface area contributed by atoms with Gasteiger partial charge in [0.1, 0.15) is 5.76 Å². The molecule has 1 aliphatic rings. The quantitative estimate of drug-likeness (QED) is 0.795. The fraction of sp³-hybridized carbons (Fsp3) is 0.353. The number of oxazole rings is 1. The first kappa shape index (κ1) is 15.7. The van der Waals surface area contributed by atoms with Crippen molar-refractivity contribution in [2.24, 2.45) is 0 Å². The average molecular weight is 334 g/mol. The molecule has 1 aromatic heterocycles. The standard InChI is InChI=1S/C17H16ClNO4/c1-10-15(17(21)23-14-5-3-2-4-13(14)20)19-16(22-10)11-6-8-12(18)9-7-11/h6-9,14H,2-5H2,1H3. The maximum absolute atomic E-state index is 12.3. The molecule has 1 saturated carbocycles. The Labute approximate surface area is 138 Å². The van der Waals surface area contributed by atoms with Crippen molar-refractivity contribution in [1.82, 2.24) is 4.98 Å². The fourth-order valence-electron chi connectivity index (χ4n) is 2.56. The molecule has 2 aromatic rings. The molecule has 3 rings (SSSR count). The summed E-state index contributed by atoms with van der Waals surface area (Å²) in [5.74, 6) is 0.0414. The Morgan fingerprint density at radius 2 is 2.04 bits per heavy atom. The second-order valence-electron chi connectivity index (χ2n) is 5.54. The molecule has 6 heteroatoms. The van der Waals surface area contributed by atoms with E-state index in [1.807, 2.05) is 0 Å². The van der Waals surface area contributed by atoms with Gasteiger partial charge < -0.3 is 9.15 Å². The first-order chi connectivity index (χ1) is 11.0. The molecule has 0 aliphatic heterocycles. The topological polar surface area (TPSA) is 69.4 Å². The molecule has 1 atom stereocenters. The Morgan fingerprint density at radius 3 is 2.74 bits per heavy atom. The monoisotopic (exact) mass is 333 g/mol. The van der Waals surface area contributed by atoms with Crippen LogP contribution < -0.4 is 0 Å². The molecule has 0 amide bonds. The van der Waals surface area contributed by atoms with Gasteiger partial charge in [-0.05, 0) is 50.5 Å². The summed E-state index contributed by atoms with van der Waals surface area (Å²) in [6.07, 6.45) is 2.12. The van der Waals surface area contributed by atoms with Gasteiger partial charge in [-0.2, -0.15) is 0 Å². The number of benzene rings is 1. The van der Waals surface area contributed by atoms with E-state index in [0.717, 1.165) is 12.8 Å². The highest BCUT2D eigenvalue weighted by Gasteiger charge is 2.28. The molecular weight excluding hydrogens is 318 g/mol. The highest BCUT2D eigenvalue weighted by molar-refractivity contribution is 6.30. The minimum atomic E-state index is -0.661. The Balaban J connectivity index is 1.78. The Hall–Kier alpha value is -2.14. The normalized spacial score (nSPS) is 18.0. The molecule has 5 nitrogen and oxygen atoms in total. The van der Waals surface area contributed by atoms with Crippen molar-refractivity contribution in [3.63, 3.8) is 0 Å². The van der Waals surface area contributed by atoms with Crippen molar-refractivity contribution in [3.05, 3.63) is 40.7 Å². The largest absolute Gasteiger partial charge is 0.450 e. The Morgan fingerprint density at radius 1 is 1.30 bits per heavy atom. The first-order valence-electron chi connectivity index (χ1n) is 7.51. The van der Waals surface area contributed by atoms with E-state index < -0.39 is 12.1 Å². The van der Waals surface area contributed by atoms with Crippen LogP contribution in [0.25, 0.3) is 11.5 Å². The zero-order valence-electron chi connectivity index (χ0n) is 12.7. The molecule has 0 spiro atoms. The number of ether oxygens (including phenoxy) is 1. The van der Waals surface area contributed by atoms with Crippen LogP contribution in [0, 0.1) is 6.92 Å². The smallest absolute Gasteiger partial charge is 0.361 e. The van der Waals surface area contributed by atoms with Crippen LogP contribution in [0.2, 0.25) is 5.02 Å². The van der Waals surface area contributed by atoms with Gasteiger partial charge in [-0.3, -0.25) is 4.79 Å². The summed E-state index contributed by atoms with van der Waals surface area (Å²) < 4.78 is 10.8. The first-order valence-corrected chi connectivity index (χ1v) is 7.89. The highest BCUT2D eigenvalue weighted by Crippen LogP contribution is 2.25. The lowest BCUT2D eigenvalue weighted by atomic mass is 9.96. The zero-order valence-corrected chi connectivity index (χ0v) is 13.4. The number of aromatic nitrogens is 1. The fourth-order valence-corrected chi connectivity index (χ4v) is 2.69. The van der Waals surface area contributed by atoms with E-state index in [1.54, 1.807) is 31.2 Å². The SMILES string of the molecule is Cc1oc(-c2ccc(Cl)cc2)nc1C(=O)OC1CCCCC1=O. The predicted molar refractivity (Wildman–Crippen MR) is 84.4 cm³/mol. The van der Waals surface area contributed by atoms with Crippen LogP contribution in [0.3, 0.4) is 0 Å². The number of carbonyl (C=O) groups is 2. The molecule has 0 saturated heterocycles. The molecule has 0 bridgehead atoms. The lowest BCUT2D eigenvalue weighted by Crippen LogP contribution is -2.30. The lowest BCUT2D eigenvalue weighted by molar-refractivity contribution is -0.129. The third-order valence-electron chi connectivity index (χ3n) is 3.83. The van der Waals surface area contributed by atoms with Crippen molar-refractivity contribution in [1.29, 1.82) is 0 Å². The number of carbonyl (C=O) groups excluding carboxylic acids is 2. The van der Waals surface area contributed by atoms with E-state index in [-0.39, 0.29) is 11.5 Å². The number of nitrogens with zero attached hydrogens (tertiary/aromatic N) is 1. The van der Waals surface area contributed by atoms with E-state index in [4.69, 9.17) is 20.8 Å². The zero-order chi connectivity index (χ0) is 16.4. The molecule has 0 N–H and O–H groups in total. The van der Waals surface area contributed by atoms with E-state index >= 15 is 0 Å². The van der Waals surface area contributed by atoms with Crippen LogP contribution in [0.4, 0.5) is 0 Å². The van der Waals surface area contributed by atoms with Crippen molar-refractivity contribution in [2.45, 2.75) is 38.7 Å². The summed E-state index contributed by atoms with van der Waals surface area (Å²) in [4.78, 5) is 28.2. The van der Waals surface area contributed by atoms with Crippen LogP contribution >= 0.6 is 11.6 Å². The number of aryl methyl sites for hydroxylation is 1. The molecule has 0 radical (unpaired) electrons. The molecule has 120 valence electrons. The van der Waals surface area contributed by atoms with Crippen molar-refractivity contribution in [3.8, 4) is 11.5 Å². The summed E-state index contributed by atoms with van der Waals surface area (Å²) in [5, 5.41) is 0.604. The molecule has 1 aliphatic carbocycles. The van der Waals surface area contributed by atoms with Gasteiger partial charge in [0, 0.05) is 17.0 Å². The molecular formula is C17H16ClNO4. The van der Waals surface area contributed by atoms with Crippen LogP contribution in [0.5, 0.6) is 0 Å². The minimum Gasteiger partial charge on any atom is -0.450 e. The molecule has 1 unspecified atom stereocenters. The number of Topliss-reactive ketones (excluding diaryl/α,β-unsaturated/α-hetero) is 1. The van der Waals surface area contributed by atoms with Crippen LogP contribution in [-0.4, -0.2) is 22.8 Å². The van der Waals surface area contributed by atoms with Crippen LogP contribution in [0.1, 0.15) is 41.9 Å². The van der Waals surface area contributed by atoms with Crippen LogP contribution in [-0.2, 0) is 9.53 Å². The van der Waals surface area contributed by atoms with Gasteiger partial charge in [0.05, 0.1) is 0 Å². The number of rotatable bonds is 3. The Kier molecular flexibility index (Phi) is 4.48. The molecule has 1 aromatic carbocycles. The molecule has 23 heavy (non-hydrogen) atoms. The van der Waals surface area contributed by atoms with Gasteiger partial charge in [-0.1, -0.05) is 11.6 Å². The number of ketones is 1. The average Bonchev–Trinajstić information content (AvgIpc) is 2.92. The molecule has 1 fully saturated rings. The Bertz CT molecular complexity index is 736. The van der Waals surface area contributed by atoms with E-state index in [9.17, 15) is 9.59 Å². The summed E-state index contributed by atoms with van der Waals surface area (Å²) in [6.45, 7) is 1.64.